The highest BCUT2D eigenvalue weighted by molar-refractivity contribution is 6.36. The van der Waals surface area contributed by atoms with Gasteiger partial charge in [-0.1, -0.05) is 36.4 Å². The van der Waals surface area contributed by atoms with E-state index >= 15 is 0 Å². The predicted octanol–water partition coefficient (Wildman–Crippen LogP) is 3.73. The van der Waals surface area contributed by atoms with Crippen LogP contribution in [0.5, 0.6) is 0 Å². The highest BCUT2D eigenvalue weighted by Crippen LogP contribution is 2.30. The van der Waals surface area contributed by atoms with E-state index in [0.29, 0.717) is 0 Å². The Bertz CT molecular complexity index is 1040. The first-order valence-electron chi connectivity index (χ1n) is 7.91. The van der Waals surface area contributed by atoms with Crippen molar-refractivity contribution in [3.8, 4) is 0 Å². The standard InChI is InChI=1S/C20H14N2O4/c23-19(24)17(15-9-11-5-1-3-7-13(11)21-15)18(20(25)26)16-10-12-6-2-4-8-14(12)22-16/h1-10,21-22H,(H,23,24)(H,25,26)/b18-17-. The third kappa shape index (κ3) is 2.53. The van der Waals surface area contributed by atoms with Crippen molar-refractivity contribution >= 4 is 44.9 Å². The number of aromatic amines is 2. The van der Waals surface area contributed by atoms with Crippen LogP contribution in [0.25, 0.3) is 33.0 Å². The van der Waals surface area contributed by atoms with Gasteiger partial charge < -0.3 is 20.2 Å². The number of aliphatic carboxylic acids is 2. The molecule has 2 aromatic carbocycles. The van der Waals surface area contributed by atoms with Crippen LogP contribution in [0.1, 0.15) is 11.4 Å². The van der Waals surface area contributed by atoms with E-state index in [1.807, 2.05) is 48.5 Å². The molecule has 0 aliphatic rings. The van der Waals surface area contributed by atoms with E-state index in [1.54, 1.807) is 12.1 Å². The molecule has 0 radical (unpaired) electrons. The lowest BCUT2D eigenvalue weighted by Gasteiger charge is -2.06. The Kier molecular flexibility index (Phi) is 3.58. The normalized spacial score (nSPS) is 12.3. The fourth-order valence-corrected chi connectivity index (χ4v) is 3.13. The summed E-state index contributed by atoms with van der Waals surface area (Å²) >= 11 is 0. The number of carbonyl (C=O) groups is 2. The number of rotatable bonds is 4. The van der Waals surface area contributed by atoms with Crippen molar-refractivity contribution in [2.75, 3.05) is 0 Å². The summed E-state index contributed by atoms with van der Waals surface area (Å²) < 4.78 is 0. The number of benzene rings is 2. The van der Waals surface area contributed by atoms with E-state index in [2.05, 4.69) is 9.97 Å². The largest absolute Gasteiger partial charge is 0.478 e. The molecule has 0 bridgehead atoms. The maximum Gasteiger partial charge on any atom is 0.338 e. The molecule has 6 nitrogen and oxygen atoms in total. The van der Waals surface area contributed by atoms with Gasteiger partial charge in [0.05, 0.1) is 22.5 Å². The van der Waals surface area contributed by atoms with Crippen LogP contribution in [0.3, 0.4) is 0 Å². The third-order valence-electron chi connectivity index (χ3n) is 4.28. The molecule has 0 fully saturated rings. The maximum absolute atomic E-state index is 12.0. The monoisotopic (exact) mass is 346 g/mol. The van der Waals surface area contributed by atoms with E-state index in [4.69, 9.17) is 0 Å². The first-order valence-corrected chi connectivity index (χ1v) is 7.91. The van der Waals surface area contributed by atoms with Crippen molar-refractivity contribution in [1.29, 1.82) is 0 Å². The lowest BCUT2D eigenvalue weighted by Crippen LogP contribution is -2.10. The molecule has 0 amide bonds. The molecule has 26 heavy (non-hydrogen) atoms. The molecule has 4 rings (SSSR count). The minimum absolute atomic E-state index is 0.245. The van der Waals surface area contributed by atoms with Gasteiger partial charge in [0.2, 0.25) is 0 Å². The second-order valence-electron chi connectivity index (χ2n) is 5.90. The molecule has 0 saturated heterocycles. The van der Waals surface area contributed by atoms with Gasteiger partial charge in [-0.3, -0.25) is 0 Å². The van der Waals surface area contributed by atoms with Crippen LogP contribution in [0, 0.1) is 0 Å². The lowest BCUT2D eigenvalue weighted by molar-refractivity contribution is -0.132. The summed E-state index contributed by atoms with van der Waals surface area (Å²) in [5, 5.41) is 21.1. The average Bonchev–Trinajstić information content (AvgIpc) is 3.21. The zero-order chi connectivity index (χ0) is 18.3. The van der Waals surface area contributed by atoms with Crippen molar-refractivity contribution in [2.45, 2.75) is 0 Å². The number of aromatic nitrogens is 2. The molecule has 0 atom stereocenters. The Hall–Kier alpha value is -3.80. The SMILES string of the molecule is O=C(O)/C(=C(\C(=O)O)c1cc2ccccc2[nH]1)c1cc2ccccc2[nH]1. The van der Waals surface area contributed by atoms with Crippen molar-refractivity contribution in [2.24, 2.45) is 0 Å². The predicted molar refractivity (Wildman–Crippen MR) is 98.7 cm³/mol. The van der Waals surface area contributed by atoms with Crippen molar-refractivity contribution in [1.82, 2.24) is 9.97 Å². The van der Waals surface area contributed by atoms with Gasteiger partial charge in [-0.15, -0.1) is 0 Å². The molecular formula is C20H14N2O4. The number of carboxylic acid groups (broad SMARTS) is 2. The molecule has 4 aromatic rings. The quantitative estimate of drug-likeness (QED) is 0.422. The topological polar surface area (TPSA) is 106 Å². The van der Waals surface area contributed by atoms with Gasteiger partial charge in [-0.25, -0.2) is 9.59 Å². The van der Waals surface area contributed by atoms with E-state index in [-0.39, 0.29) is 22.5 Å². The number of carboxylic acids is 2. The molecule has 6 heteroatoms. The summed E-state index contributed by atoms with van der Waals surface area (Å²) in [5.41, 5.74) is 1.38. The van der Waals surface area contributed by atoms with Gasteiger partial charge in [-0.2, -0.15) is 0 Å². The Balaban J connectivity index is 2.01. The molecule has 4 N–H and O–H groups in total. The van der Waals surface area contributed by atoms with Gasteiger partial charge in [0.15, 0.2) is 0 Å². The summed E-state index contributed by atoms with van der Waals surface area (Å²) in [6.07, 6.45) is 0. The van der Waals surface area contributed by atoms with Crippen LogP contribution in [0.4, 0.5) is 0 Å². The Morgan fingerprint density at radius 2 is 1.04 bits per heavy atom. The molecule has 128 valence electrons. The molecule has 0 aliphatic heterocycles. The van der Waals surface area contributed by atoms with Gasteiger partial charge in [-0.05, 0) is 24.3 Å². The number of hydrogen-bond acceptors (Lipinski definition) is 2. The Labute approximate surface area is 147 Å². The number of H-pyrrole nitrogens is 2. The zero-order valence-electron chi connectivity index (χ0n) is 13.5. The van der Waals surface area contributed by atoms with E-state index < -0.39 is 11.9 Å². The molecular weight excluding hydrogens is 332 g/mol. The summed E-state index contributed by atoms with van der Waals surface area (Å²) in [4.78, 5) is 29.9. The molecule has 0 saturated carbocycles. The fraction of sp³-hybridized carbons (Fsp3) is 0. The molecule has 0 unspecified atom stereocenters. The number of fused-ring (bicyclic) bond motifs is 2. The van der Waals surface area contributed by atoms with Crippen LogP contribution in [-0.4, -0.2) is 32.1 Å². The second-order valence-corrected chi connectivity index (χ2v) is 5.90. The molecule has 0 aliphatic carbocycles. The first kappa shape index (κ1) is 15.7. The highest BCUT2D eigenvalue weighted by atomic mass is 16.4. The first-order chi connectivity index (χ1) is 12.5. The number of hydrogen-bond donors (Lipinski definition) is 4. The van der Waals surface area contributed by atoms with Gasteiger partial charge in [0.1, 0.15) is 0 Å². The van der Waals surface area contributed by atoms with Crippen molar-refractivity contribution < 1.29 is 19.8 Å². The molecule has 0 spiro atoms. The summed E-state index contributed by atoms with van der Waals surface area (Å²) in [6.45, 7) is 0. The van der Waals surface area contributed by atoms with E-state index in [9.17, 15) is 19.8 Å². The number of para-hydroxylation sites is 2. The van der Waals surface area contributed by atoms with Crippen molar-refractivity contribution in [3.05, 3.63) is 72.1 Å². The lowest BCUT2D eigenvalue weighted by atomic mass is 10.0. The maximum atomic E-state index is 12.0. The average molecular weight is 346 g/mol. The zero-order valence-corrected chi connectivity index (χ0v) is 13.5. The molecule has 2 aromatic heterocycles. The van der Waals surface area contributed by atoms with Crippen LogP contribution in [0.2, 0.25) is 0 Å². The smallest absolute Gasteiger partial charge is 0.338 e. The van der Waals surface area contributed by atoms with Gasteiger partial charge in [0, 0.05) is 21.8 Å². The summed E-state index contributed by atoms with van der Waals surface area (Å²) in [7, 11) is 0. The summed E-state index contributed by atoms with van der Waals surface area (Å²) in [6, 6.07) is 17.9. The van der Waals surface area contributed by atoms with Gasteiger partial charge in [0.25, 0.3) is 0 Å². The fourth-order valence-electron chi connectivity index (χ4n) is 3.13. The summed E-state index contributed by atoms with van der Waals surface area (Å²) in [5.74, 6) is -2.62. The van der Waals surface area contributed by atoms with Crippen LogP contribution in [0.15, 0.2) is 60.7 Å². The second kappa shape index (κ2) is 5.93. The Morgan fingerprint density at radius 3 is 1.38 bits per heavy atom. The van der Waals surface area contributed by atoms with Gasteiger partial charge >= 0.3 is 11.9 Å². The van der Waals surface area contributed by atoms with Crippen LogP contribution in [-0.2, 0) is 9.59 Å². The van der Waals surface area contributed by atoms with E-state index in [0.717, 1.165) is 21.8 Å². The van der Waals surface area contributed by atoms with Crippen LogP contribution < -0.4 is 0 Å². The highest BCUT2D eigenvalue weighted by Gasteiger charge is 2.26. The van der Waals surface area contributed by atoms with Crippen molar-refractivity contribution in [3.63, 3.8) is 0 Å². The van der Waals surface area contributed by atoms with Crippen LogP contribution >= 0.6 is 0 Å². The minimum Gasteiger partial charge on any atom is -0.478 e. The Morgan fingerprint density at radius 1 is 0.654 bits per heavy atom. The number of nitrogens with one attached hydrogen (secondary N) is 2. The van der Waals surface area contributed by atoms with E-state index in [1.165, 1.54) is 0 Å². The third-order valence-corrected chi connectivity index (χ3v) is 4.28. The molecule has 2 heterocycles. The minimum atomic E-state index is -1.31.